The molecule has 0 aliphatic rings. The molecule has 0 fully saturated rings. The lowest BCUT2D eigenvalue weighted by Crippen LogP contribution is -2.37. The van der Waals surface area contributed by atoms with Crippen molar-refractivity contribution in [1.82, 2.24) is 24.5 Å². The fourth-order valence-electron chi connectivity index (χ4n) is 3.59. The number of halogens is 3. The number of primary amides is 1. The van der Waals surface area contributed by atoms with Gasteiger partial charge in [0.05, 0.1) is 23.3 Å². The summed E-state index contributed by atoms with van der Waals surface area (Å²) < 4.78 is 34.0. The molecule has 0 aliphatic heterocycles. The van der Waals surface area contributed by atoms with Crippen molar-refractivity contribution in [2.75, 3.05) is 0 Å². The first-order valence-electron chi connectivity index (χ1n) is 11.4. The second kappa shape index (κ2) is 10.3. The molecule has 12 heteroatoms. The fraction of sp³-hybridized carbons (Fsp3) is 0.231. The second-order valence-electron chi connectivity index (χ2n) is 9.09. The van der Waals surface area contributed by atoms with Gasteiger partial charge in [-0.15, -0.1) is 0 Å². The standard InChI is InChI=1S/C26H23ClF2N6O3/c1-13-10-32-18(17-5-6-31-25(34-17)26(3,4)24(30)37)9-20(13)35-14(2)7-21(22(27)23(35)36)38-12-19-16(29)8-15(28)11-33-19/h5-11H,12H2,1-4H3,(H2,30,37). The largest absolute Gasteiger partial charge is 0.485 e. The lowest BCUT2D eigenvalue weighted by molar-refractivity contribution is -0.122. The topological polar surface area (TPSA) is 126 Å². The van der Waals surface area contributed by atoms with E-state index in [0.29, 0.717) is 34.4 Å². The van der Waals surface area contributed by atoms with Crippen LogP contribution in [0.1, 0.15) is 36.6 Å². The molecule has 0 saturated carbocycles. The fourth-order valence-corrected chi connectivity index (χ4v) is 3.78. The van der Waals surface area contributed by atoms with Gasteiger partial charge in [-0.3, -0.25) is 24.1 Å². The lowest BCUT2D eigenvalue weighted by atomic mass is 9.91. The Kier molecular flexibility index (Phi) is 7.23. The van der Waals surface area contributed by atoms with Gasteiger partial charge < -0.3 is 10.5 Å². The molecule has 1 amide bonds. The van der Waals surface area contributed by atoms with E-state index in [1.54, 1.807) is 46.0 Å². The van der Waals surface area contributed by atoms with Gasteiger partial charge in [-0.05, 0) is 45.4 Å². The van der Waals surface area contributed by atoms with E-state index in [4.69, 9.17) is 22.1 Å². The molecule has 4 aromatic heterocycles. The third kappa shape index (κ3) is 5.10. The van der Waals surface area contributed by atoms with Crippen LogP contribution in [0.4, 0.5) is 8.78 Å². The molecule has 0 atom stereocenters. The third-order valence-corrected chi connectivity index (χ3v) is 6.30. The Morgan fingerprint density at radius 3 is 2.53 bits per heavy atom. The molecule has 2 N–H and O–H groups in total. The highest BCUT2D eigenvalue weighted by atomic mass is 35.5. The van der Waals surface area contributed by atoms with Crippen molar-refractivity contribution in [2.24, 2.45) is 5.73 Å². The van der Waals surface area contributed by atoms with E-state index in [1.807, 2.05) is 0 Å². The zero-order valence-electron chi connectivity index (χ0n) is 20.9. The predicted octanol–water partition coefficient (Wildman–Crippen LogP) is 3.97. The van der Waals surface area contributed by atoms with Crippen LogP contribution >= 0.6 is 11.6 Å². The Labute approximate surface area is 221 Å². The van der Waals surface area contributed by atoms with Crippen molar-refractivity contribution in [3.8, 4) is 22.8 Å². The number of nitrogens with zero attached hydrogens (tertiary/aromatic N) is 5. The maximum Gasteiger partial charge on any atom is 0.277 e. The average molecular weight is 541 g/mol. The summed E-state index contributed by atoms with van der Waals surface area (Å²) in [5.74, 6) is -2.01. The van der Waals surface area contributed by atoms with E-state index in [2.05, 4.69) is 19.9 Å². The molecule has 0 radical (unpaired) electrons. The van der Waals surface area contributed by atoms with Gasteiger partial charge in [-0.25, -0.2) is 18.7 Å². The Hall–Kier alpha value is -4.25. The molecular weight excluding hydrogens is 518 g/mol. The second-order valence-corrected chi connectivity index (χ2v) is 9.46. The minimum absolute atomic E-state index is 0.0250. The Bertz CT molecular complexity index is 1620. The summed E-state index contributed by atoms with van der Waals surface area (Å²) in [4.78, 5) is 41.9. The van der Waals surface area contributed by atoms with Crippen LogP contribution in [0.2, 0.25) is 5.02 Å². The number of rotatable bonds is 7. The number of nitrogens with two attached hydrogens (primary N) is 1. The van der Waals surface area contributed by atoms with Gasteiger partial charge in [0.2, 0.25) is 5.91 Å². The average Bonchev–Trinajstić information content (AvgIpc) is 2.87. The quantitative estimate of drug-likeness (QED) is 0.376. The summed E-state index contributed by atoms with van der Waals surface area (Å²) in [5.41, 5.74) is 6.18. The molecule has 0 aliphatic carbocycles. The van der Waals surface area contributed by atoms with Crippen LogP contribution in [-0.2, 0) is 16.8 Å². The van der Waals surface area contributed by atoms with Crippen LogP contribution < -0.4 is 16.0 Å². The monoisotopic (exact) mass is 540 g/mol. The third-order valence-electron chi connectivity index (χ3n) is 5.96. The SMILES string of the molecule is Cc1cnc(-c2ccnc(C(C)(C)C(N)=O)n2)cc1-n1c(C)cc(OCc2ncc(F)cc2F)c(Cl)c1=O. The maximum atomic E-state index is 13.9. The normalized spacial score (nSPS) is 11.4. The first kappa shape index (κ1) is 26.8. The molecule has 38 heavy (non-hydrogen) atoms. The van der Waals surface area contributed by atoms with E-state index >= 15 is 0 Å². The summed E-state index contributed by atoms with van der Waals surface area (Å²) in [6.07, 6.45) is 3.95. The number of pyridine rings is 3. The van der Waals surface area contributed by atoms with Crippen molar-refractivity contribution >= 4 is 17.5 Å². The molecule has 4 rings (SSSR count). The number of aromatic nitrogens is 5. The van der Waals surface area contributed by atoms with Crippen molar-refractivity contribution < 1.29 is 18.3 Å². The molecular formula is C26H23ClF2N6O3. The van der Waals surface area contributed by atoms with Crippen LogP contribution in [0.3, 0.4) is 0 Å². The number of amides is 1. The van der Waals surface area contributed by atoms with Gasteiger partial charge in [-0.2, -0.15) is 0 Å². The zero-order chi connectivity index (χ0) is 27.8. The van der Waals surface area contributed by atoms with E-state index in [1.165, 1.54) is 16.8 Å². The van der Waals surface area contributed by atoms with E-state index in [9.17, 15) is 18.4 Å². The summed E-state index contributed by atoms with van der Waals surface area (Å²) in [5, 5.41) is -0.233. The zero-order valence-corrected chi connectivity index (χ0v) is 21.7. The molecule has 4 heterocycles. The molecule has 9 nitrogen and oxygen atoms in total. The summed E-state index contributed by atoms with van der Waals surface area (Å²) in [6.45, 7) is 6.35. The Morgan fingerprint density at radius 1 is 1.11 bits per heavy atom. The predicted molar refractivity (Wildman–Crippen MR) is 136 cm³/mol. The van der Waals surface area contributed by atoms with Crippen molar-refractivity contribution in [2.45, 2.75) is 39.7 Å². The molecule has 0 unspecified atom stereocenters. The highest BCUT2D eigenvalue weighted by Gasteiger charge is 2.31. The van der Waals surface area contributed by atoms with Crippen molar-refractivity contribution in [3.63, 3.8) is 0 Å². The first-order chi connectivity index (χ1) is 17.9. The van der Waals surface area contributed by atoms with E-state index < -0.39 is 28.5 Å². The molecule has 196 valence electrons. The van der Waals surface area contributed by atoms with Crippen LogP contribution in [0, 0.1) is 25.5 Å². The smallest absolute Gasteiger partial charge is 0.277 e. The van der Waals surface area contributed by atoms with Crippen LogP contribution in [-0.4, -0.2) is 30.4 Å². The Balaban J connectivity index is 1.72. The highest BCUT2D eigenvalue weighted by molar-refractivity contribution is 6.31. The number of aryl methyl sites for hydroxylation is 2. The van der Waals surface area contributed by atoms with E-state index in [0.717, 1.165) is 6.20 Å². The highest BCUT2D eigenvalue weighted by Crippen LogP contribution is 2.28. The molecule has 0 saturated heterocycles. The van der Waals surface area contributed by atoms with Gasteiger partial charge in [0.1, 0.15) is 40.1 Å². The van der Waals surface area contributed by atoms with E-state index in [-0.39, 0.29) is 28.9 Å². The number of carbonyl (C=O) groups is 1. The first-order valence-corrected chi connectivity index (χ1v) is 11.7. The summed E-state index contributed by atoms with van der Waals surface area (Å²) >= 11 is 6.35. The molecule has 0 spiro atoms. The lowest BCUT2D eigenvalue weighted by Gasteiger charge is -2.19. The number of ether oxygens (including phenoxy) is 1. The maximum absolute atomic E-state index is 13.9. The molecule has 4 aromatic rings. The minimum Gasteiger partial charge on any atom is -0.485 e. The number of hydrogen-bond acceptors (Lipinski definition) is 7. The number of hydrogen-bond donors (Lipinski definition) is 1. The van der Waals surface area contributed by atoms with Gasteiger partial charge in [0, 0.05) is 30.2 Å². The summed E-state index contributed by atoms with van der Waals surface area (Å²) in [6, 6.07) is 5.52. The van der Waals surface area contributed by atoms with Crippen LogP contribution in [0.25, 0.3) is 17.1 Å². The van der Waals surface area contributed by atoms with Crippen LogP contribution in [0.5, 0.6) is 5.75 Å². The summed E-state index contributed by atoms with van der Waals surface area (Å²) in [7, 11) is 0. The van der Waals surface area contributed by atoms with Crippen LogP contribution in [0.15, 0.2) is 47.7 Å². The molecule has 0 bridgehead atoms. The van der Waals surface area contributed by atoms with Gasteiger partial charge in [0.15, 0.2) is 5.82 Å². The molecule has 0 aromatic carbocycles. The van der Waals surface area contributed by atoms with Crippen molar-refractivity contribution in [1.29, 1.82) is 0 Å². The van der Waals surface area contributed by atoms with Gasteiger partial charge in [0.25, 0.3) is 5.56 Å². The minimum atomic E-state index is -1.10. The van der Waals surface area contributed by atoms with Gasteiger partial charge in [-0.1, -0.05) is 11.6 Å². The number of carbonyl (C=O) groups excluding carboxylic acids is 1. The van der Waals surface area contributed by atoms with Crippen molar-refractivity contribution in [3.05, 3.63) is 92.6 Å². The Morgan fingerprint density at radius 2 is 1.84 bits per heavy atom. The van der Waals surface area contributed by atoms with Gasteiger partial charge >= 0.3 is 0 Å².